The SMILES string of the molecule is Cc1cccc2cccc(N3CCc4c(nc(OCC5CCCN5Cc5ccccc5)nc4N4CCN[C@@H](CC#N)C4)C3)c12. The van der Waals surface area contributed by atoms with Gasteiger partial charge in [-0.15, -0.1) is 0 Å². The first-order valence-corrected chi connectivity index (χ1v) is 16.1. The standard InChI is InChI=1S/C36H41N7O/c1-26-8-5-11-28-12-6-14-33(34(26)28)42-20-16-31-32(24-42)39-36(40-35(31)43-21-18-38-29(23-43)15-17-37)44-25-30-13-7-19-41(30)22-27-9-3-2-4-10-27/h2-6,8-12,14,29-30,38H,7,13,15-16,18-25H2,1H3/t29-,30?/m0/s1. The van der Waals surface area contributed by atoms with Crippen LogP contribution in [0.1, 0.15) is 41.6 Å². The van der Waals surface area contributed by atoms with E-state index in [1.54, 1.807) is 0 Å². The van der Waals surface area contributed by atoms with Crippen molar-refractivity contribution in [3.8, 4) is 12.1 Å². The average molecular weight is 588 g/mol. The monoisotopic (exact) mass is 587 g/mol. The van der Waals surface area contributed by atoms with Gasteiger partial charge in [0, 0.05) is 61.4 Å². The Morgan fingerprint density at radius 3 is 2.70 bits per heavy atom. The van der Waals surface area contributed by atoms with Gasteiger partial charge < -0.3 is 19.9 Å². The second kappa shape index (κ2) is 12.8. The van der Waals surface area contributed by atoms with Crippen molar-refractivity contribution in [2.75, 3.05) is 49.1 Å². The third-order valence-electron chi connectivity index (χ3n) is 9.48. The molecule has 0 saturated carbocycles. The van der Waals surface area contributed by atoms with E-state index in [4.69, 9.17) is 14.7 Å². The number of anilines is 2. The number of benzene rings is 3. The van der Waals surface area contributed by atoms with Crippen molar-refractivity contribution >= 4 is 22.3 Å². The van der Waals surface area contributed by atoms with Gasteiger partial charge in [-0.3, -0.25) is 4.90 Å². The summed E-state index contributed by atoms with van der Waals surface area (Å²) >= 11 is 0. The highest BCUT2D eigenvalue weighted by molar-refractivity contribution is 5.97. The van der Waals surface area contributed by atoms with E-state index in [-0.39, 0.29) is 6.04 Å². The average Bonchev–Trinajstić information content (AvgIpc) is 3.50. The largest absolute Gasteiger partial charge is 0.462 e. The van der Waals surface area contributed by atoms with Gasteiger partial charge in [0.1, 0.15) is 12.4 Å². The molecule has 0 bridgehead atoms. The maximum Gasteiger partial charge on any atom is 0.318 e. The Kier molecular flexibility index (Phi) is 8.32. The van der Waals surface area contributed by atoms with Crippen molar-refractivity contribution in [2.24, 2.45) is 0 Å². The van der Waals surface area contributed by atoms with Gasteiger partial charge in [-0.05, 0) is 55.3 Å². The molecule has 2 fully saturated rings. The van der Waals surface area contributed by atoms with Crippen LogP contribution in [-0.4, -0.2) is 66.3 Å². The third kappa shape index (κ3) is 5.95. The van der Waals surface area contributed by atoms with Gasteiger partial charge in [0.2, 0.25) is 0 Å². The molecule has 1 N–H and O–H groups in total. The number of nitrogens with zero attached hydrogens (tertiary/aromatic N) is 6. The van der Waals surface area contributed by atoms with Crippen LogP contribution in [0.15, 0.2) is 66.7 Å². The second-order valence-corrected chi connectivity index (χ2v) is 12.4. The van der Waals surface area contributed by atoms with Gasteiger partial charge in [-0.25, -0.2) is 0 Å². The van der Waals surface area contributed by atoms with E-state index in [0.29, 0.717) is 31.6 Å². The summed E-state index contributed by atoms with van der Waals surface area (Å²) in [6, 6.07) is 27.1. The Labute approximate surface area is 260 Å². The topological polar surface area (TPSA) is 80.6 Å². The maximum absolute atomic E-state index is 9.37. The summed E-state index contributed by atoms with van der Waals surface area (Å²) in [4.78, 5) is 17.5. The van der Waals surface area contributed by atoms with Crippen molar-refractivity contribution in [1.29, 1.82) is 5.26 Å². The summed E-state index contributed by atoms with van der Waals surface area (Å²) in [7, 11) is 0. The van der Waals surface area contributed by atoms with E-state index < -0.39 is 0 Å². The molecule has 0 spiro atoms. The van der Waals surface area contributed by atoms with E-state index in [2.05, 4.69) is 99.7 Å². The minimum atomic E-state index is 0.132. The minimum absolute atomic E-state index is 0.132. The van der Waals surface area contributed by atoms with E-state index in [1.807, 2.05) is 0 Å². The van der Waals surface area contributed by atoms with Crippen LogP contribution in [0.3, 0.4) is 0 Å². The number of ether oxygens (including phenoxy) is 1. The number of hydrogen-bond donors (Lipinski definition) is 1. The molecular weight excluding hydrogens is 546 g/mol. The van der Waals surface area contributed by atoms with Crippen molar-refractivity contribution in [2.45, 2.75) is 57.8 Å². The van der Waals surface area contributed by atoms with Gasteiger partial charge in [0.15, 0.2) is 0 Å². The van der Waals surface area contributed by atoms with Crippen LogP contribution in [0.4, 0.5) is 11.5 Å². The van der Waals surface area contributed by atoms with Gasteiger partial charge in [-0.1, -0.05) is 60.7 Å². The van der Waals surface area contributed by atoms with Crippen molar-refractivity contribution < 1.29 is 4.74 Å². The zero-order valence-corrected chi connectivity index (χ0v) is 25.6. The third-order valence-corrected chi connectivity index (χ3v) is 9.48. The quantitative estimate of drug-likeness (QED) is 0.300. The molecule has 1 unspecified atom stereocenters. The van der Waals surface area contributed by atoms with Gasteiger partial charge >= 0.3 is 6.01 Å². The lowest BCUT2D eigenvalue weighted by molar-refractivity contribution is 0.159. The van der Waals surface area contributed by atoms with Crippen LogP contribution in [0, 0.1) is 18.3 Å². The number of nitrogens with one attached hydrogen (secondary N) is 1. The molecule has 2 atom stereocenters. The molecule has 2 saturated heterocycles. The molecule has 7 rings (SSSR count). The van der Waals surface area contributed by atoms with Crippen LogP contribution in [0.5, 0.6) is 6.01 Å². The first kappa shape index (κ1) is 28.6. The summed E-state index contributed by atoms with van der Waals surface area (Å²) in [5.74, 6) is 0.982. The van der Waals surface area contributed by atoms with Gasteiger partial charge in [0.05, 0.1) is 24.7 Å². The van der Waals surface area contributed by atoms with Gasteiger partial charge in [-0.2, -0.15) is 15.2 Å². The number of likely N-dealkylation sites (tertiary alicyclic amines) is 1. The smallest absolute Gasteiger partial charge is 0.318 e. The first-order chi connectivity index (χ1) is 21.7. The Hall–Kier alpha value is -4.19. The molecular formula is C36H41N7O. The van der Waals surface area contributed by atoms with E-state index >= 15 is 0 Å². The number of nitriles is 1. The summed E-state index contributed by atoms with van der Waals surface area (Å²) in [5.41, 5.74) is 6.14. The Bertz CT molecular complexity index is 1650. The summed E-state index contributed by atoms with van der Waals surface area (Å²) in [6.45, 7) is 8.86. The molecule has 3 aliphatic rings. The Morgan fingerprint density at radius 1 is 0.977 bits per heavy atom. The summed E-state index contributed by atoms with van der Waals surface area (Å²) < 4.78 is 6.48. The second-order valence-electron chi connectivity index (χ2n) is 12.4. The predicted molar refractivity (Wildman–Crippen MR) is 175 cm³/mol. The normalized spacial score (nSPS) is 20.5. The zero-order valence-electron chi connectivity index (χ0n) is 25.6. The lowest BCUT2D eigenvalue weighted by atomic mass is 9.99. The molecule has 0 aliphatic carbocycles. The van der Waals surface area contributed by atoms with Crippen molar-refractivity contribution in [3.05, 3.63) is 89.1 Å². The fourth-order valence-electron chi connectivity index (χ4n) is 7.23. The molecule has 0 amide bonds. The van der Waals surface area contributed by atoms with Crippen molar-refractivity contribution in [3.63, 3.8) is 0 Å². The van der Waals surface area contributed by atoms with Crippen LogP contribution >= 0.6 is 0 Å². The fraction of sp³-hybridized carbons (Fsp3) is 0.417. The molecule has 226 valence electrons. The highest BCUT2D eigenvalue weighted by Gasteiger charge is 2.30. The molecule has 44 heavy (non-hydrogen) atoms. The zero-order chi connectivity index (χ0) is 29.9. The minimum Gasteiger partial charge on any atom is -0.462 e. The molecule has 4 heterocycles. The molecule has 8 nitrogen and oxygen atoms in total. The predicted octanol–water partition coefficient (Wildman–Crippen LogP) is 5.24. The number of fused-ring (bicyclic) bond motifs is 2. The summed E-state index contributed by atoms with van der Waals surface area (Å²) in [5, 5.41) is 15.4. The van der Waals surface area contributed by atoms with E-state index in [9.17, 15) is 5.26 Å². The number of rotatable bonds is 8. The van der Waals surface area contributed by atoms with Crippen LogP contribution in [-0.2, 0) is 19.5 Å². The van der Waals surface area contributed by atoms with E-state index in [0.717, 1.165) is 63.6 Å². The number of piperazine rings is 1. The fourth-order valence-corrected chi connectivity index (χ4v) is 7.23. The molecule has 3 aliphatic heterocycles. The number of hydrogen-bond acceptors (Lipinski definition) is 8. The Balaban J connectivity index is 1.17. The van der Waals surface area contributed by atoms with E-state index in [1.165, 1.54) is 39.6 Å². The van der Waals surface area contributed by atoms with Crippen LogP contribution < -0.4 is 19.9 Å². The lowest BCUT2D eigenvalue weighted by Gasteiger charge is -2.37. The highest BCUT2D eigenvalue weighted by atomic mass is 16.5. The molecule has 8 heteroatoms. The molecule has 3 aromatic carbocycles. The van der Waals surface area contributed by atoms with Crippen LogP contribution in [0.2, 0.25) is 0 Å². The van der Waals surface area contributed by atoms with Gasteiger partial charge in [0.25, 0.3) is 0 Å². The maximum atomic E-state index is 9.37. The molecule has 0 radical (unpaired) electrons. The molecule has 1 aromatic heterocycles. The number of aryl methyl sites for hydroxylation is 1. The summed E-state index contributed by atoms with van der Waals surface area (Å²) in [6.07, 6.45) is 3.65. The number of aromatic nitrogens is 2. The first-order valence-electron chi connectivity index (χ1n) is 16.1. The van der Waals surface area contributed by atoms with Crippen molar-refractivity contribution in [1.82, 2.24) is 20.2 Å². The molecule has 4 aromatic rings. The lowest BCUT2D eigenvalue weighted by Crippen LogP contribution is -2.51. The van der Waals surface area contributed by atoms with Crippen LogP contribution in [0.25, 0.3) is 10.8 Å². The Morgan fingerprint density at radius 2 is 1.84 bits per heavy atom. The highest BCUT2D eigenvalue weighted by Crippen LogP contribution is 2.35.